The zero-order valence-electron chi connectivity index (χ0n) is 19.7. The first-order valence-electron chi connectivity index (χ1n) is 11.8. The zero-order valence-corrected chi connectivity index (χ0v) is 19.7. The van der Waals surface area contributed by atoms with E-state index in [0.717, 1.165) is 23.3 Å². The highest BCUT2D eigenvalue weighted by atomic mass is 16.5. The van der Waals surface area contributed by atoms with Crippen LogP contribution >= 0.6 is 0 Å². The van der Waals surface area contributed by atoms with Crippen LogP contribution in [-0.4, -0.2) is 47.2 Å². The normalized spacial score (nSPS) is 13.9. The van der Waals surface area contributed by atoms with Crippen LogP contribution < -0.4 is 15.4 Å². The van der Waals surface area contributed by atoms with Crippen molar-refractivity contribution >= 4 is 0 Å². The van der Waals surface area contributed by atoms with Crippen molar-refractivity contribution in [2.24, 2.45) is 5.92 Å². The van der Waals surface area contributed by atoms with Crippen molar-refractivity contribution in [3.63, 3.8) is 0 Å². The molecular formula is C28H36N2O4. The van der Waals surface area contributed by atoms with Crippen LogP contribution in [0.3, 0.4) is 0 Å². The smallest absolute Gasteiger partial charge is 0.123 e. The summed E-state index contributed by atoms with van der Waals surface area (Å²) in [7, 11) is 0. The molecule has 0 aliphatic heterocycles. The van der Waals surface area contributed by atoms with Gasteiger partial charge in [-0.3, -0.25) is 0 Å². The van der Waals surface area contributed by atoms with Gasteiger partial charge >= 0.3 is 0 Å². The summed E-state index contributed by atoms with van der Waals surface area (Å²) in [6, 6.07) is 25.0. The van der Waals surface area contributed by atoms with E-state index in [-0.39, 0.29) is 37.0 Å². The maximum Gasteiger partial charge on any atom is 0.123 e. The Balaban J connectivity index is 1.52. The van der Waals surface area contributed by atoms with Gasteiger partial charge in [-0.25, -0.2) is 0 Å². The van der Waals surface area contributed by atoms with Crippen molar-refractivity contribution in [1.82, 2.24) is 10.6 Å². The van der Waals surface area contributed by atoms with Gasteiger partial charge in [0.2, 0.25) is 0 Å². The quantitative estimate of drug-likeness (QED) is 0.252. The highest BCUT2D eigenvalue weighted by molar-refractivity contribution is 5.33. The van der Waals surface area contributed by atoms with Gasteiger partial charge in [0.05, 0.1) is 19.8 Å². The molecule has 182 valence electrons. The number of rotatable bonds is 14. The Morgan fingerprint density at radius 1 is 0.765 bits per heavy atom. The lowest BCUT2D eigenvalue weighted by Crippen LogP contribution is -2.40. The second-order valence-electron chi connectivity index (χ2n) is 8.64. The fourth-order valence-electron chi connectivity index (χ4n) is 3.83. The Labute approximate surface area is 202 Å². The van der Waals surface area contributed by atoms with E-state index in [1.54, 1.807) is 12.1 Å². The van der Waals surface area contributed by atoms with Crippen LogP contribution in [0.4, 0.5) is 0 Å². The van der Waals surface area contributed by atoms with E-state index in [2.05, 4.69) is 22.8 Å². The van der Waals surface area contributed by atoms with Crippen molar-refractivity contribution in [1.29, 1.82) is 0 Å². The third-order valence-electron chi connectivity index (χ3n) is 6.03. The molecule has 0 radical (unpaired) electrons. The highest BCUT2D eigenvalue weighted by Gasteiger charge is 2.18. The van der Waals surface area contributed by atoms with E-state index < -0.39 is 0 Å². The lowest BCUT2D eigenvalue weighted by atomic mass is 10.0. The van der Waals surface area contributed by atoms with Gasteiger partial charge in [0.15, 0.2) is 0 Å². The van der Waals surface area contributed by atoms with Gasteiger partial charge in [0.25, 0.3) is 0 Å². The number of para-hydroxylation sites is 2. The number of aliphatic hydroxyl groups is 2. The second kappa shape index (κ2) is 13.7. The van der Waals surface area contributed by atoms with Crippen molar-refractivity contribution in [2.75, 3.05) is 19.8 Å². The fourth-order valence-corrected chi connectivity index (χ4v) is 3.83. The van der Waals surface area contributed by atoms with E-state index in [4.69, 9.17) is 4.74 Å². The second-order valence-corrected chi connectivity index (χ2v) is 8.64. The number of aromatic hydroxyl groups is 1. The molecular weight excluding hydrogens is 428 g/mol. The number of phenols is 1. The summed E-state index contributed by atoms with van der Waals surface area (Å²) < 4.78 is 6.14. The molecule has 3 aromatic carbocycles. The van der Waals surface area contributed by atoms with Crippen molar-refractivity contribution in [2.45, 2.75) is 38.5 Å². The van der Waals surface area contributed by atoms with Gasteiger partial charge < -0.3 is 30.7 Å². The number of hydrogen-bond donors (Lipinski definition) is 5. The minimum absolute atomic E-state index is 0.0288. The van der Waals surface area contributed by atoms with Crippen molar-refractivity contribution in [3.8, 4) is 11.5 Å². The molecule has 0 aliphatic rings. The van der Waals surface area contributed by atoms with Gasteiger partial charge in [0, 0.05) is 42.2 Å². The van der Waals surface area contributed by atoms with E-state index >= 15 is 0 Å². The Morgan fingerprint density at radius 3 is 2.12 bits per heavy atom. The van der Waals surface area contributed by atoms with Crippen LogP contribution in [0.1, 0.15) is 23.6 Å². The predicted molar refractivity (Wildman–Crippen MR) is 135 cm³/mol. The van der Waals surface area contributed by atoms with Gasteiger partial charge in [-0.05, 0) is 24.1 Å². The van der Waals surface area contributed by atoms with Crippen LogP contribution in [0.5, 0.6) is 11.5 Å². The molecule has 5 N–H and O–H groups in total. The van der Waals surface area contributed by atoms with E-state index in [1.165, 1.54) is 5.56 Å². The standard InChI is InChI=1S/C28H36N2O4/c1-21(26(19-32)30-16-23-11-5-7-13-27(23)33)20-34-28-14-8-6-12-24(28)17-29-25(18-31)15-22-9-3-2-4-10-22/h2-14,21,25-26,29-33H,15-20H2,1H3. The van der Waals surface area contributed by atoms with Crippen LogP contribution in [0, 0.1) is 5.92 Å². The molecule has 34 heavy (non-hydrogen) atoms. The minimum atomic E-state index is -0.172. The molecule has 0 amide bonds. The van der Waals surface area contributed by atoms with E-state index in [0.29, 0.717) is 19.7 Å². The molecule has 6 nitrogen and oxygen atoms in total. The summed E-state index contributed by atoms with van der Waals surface area (Å²) in [5.41, 5.74) is 2.99. The molecule has 0 fully saturated rings. The fraction of sp³-hybridized carbons (Fsp3) is 0.357. The molecule has 0 spiro atoms. The average Bonchev–Trinajstić information content (AvgIpc) is 2.87. The molecule has 3 aromatic rings. The van der Waals surface area contributed by atoms with Crippen LogP contribution in [-0.2, 0) is 19.5 Å². The van der Waals surface area contributed by atoms with Crippen molar-refractivity contribution in [3.05, 3.63) is 95.6 Å². The summed E-state index contributed by atoms with van der Waals surface area (Å²) >= 11 is 0. The van der Waals surface area contributed by atoms with Gasteiger partial charge in [-0.1, -0.05) is 73.7 Å². The molecule has 3 unspecified atom stereocenters. The Morgan fingerprint density at radius 2 is 1.41 bits per heavy atom. The third kappa shape index (κ3) is 7.85. The van der Waals surface area contributed by atoms with Gasteiger partial charge in [0.1, 0.15) is 11.5 Å². The number of hydrogen-bond acceptors (Lipinski definition) is 6. The van der Waals surface area contributed by atoms with Crippen molar-refractivity contribution < 1.29 is 20.1 Å². The van der Waals surface area contributed by atoms with Gasteiger partial charge in [-0.15, -0.1) is 0 Å². The summed E-state index contributed by atoms with van der Waals surface area (Å²) in [5.74, 6) is 1.07. The molecule has 3 rings (SSSR count). The number of aliphatic hydroxyl groups excluding tert-OH is 2. The maximum absolute atomic E-state index is 9.96. The highest BCUT2D eigenvalue weighted by Crippen LogP contribution is 2.20. The summed E-state index contributed by atoms with van der Waals surface area (Å²) in [6.07, 6.45) is 0.748. The number of nitrogens with one attached hydrogen (secondary N) is 2. The van der Waals surface area contributed by atoms with Crippen LogP contribution in [0.15, 0.2) is 78.9 Å². The molecule has 0 saturated carbocycles. The lowest BCUT2D eigenvalue weighted by molar-refractivity contribution is 0.159. The average molecular weight is 465 g/mol. The first-order chi connectivity index (χ1) is 16.6. The SMILES string of the molecule is CC(COc1ccccc1CNC(CO)Cc1ccccc1)C(CO)NCc1ccccc1O. The maximum atomic E-state index is 9.96. The number of phenolic OH excluding ortho intramolecular Hbond substituents is 1. The number of ether oxygens (including phenoxy) is 1. The summed E-state index contributed by atoms with van der Waals surface area (Å²) in [5, 5.41) is 36.4. The van der Waals surface area contributed by atoms with Crippen LogP contribution in [0.2, 0.25) is 0 Å². The predicted octanol–water partition coefficient (Wildman–Crippen LogP) is 3.25. The number of benzene rings is 3. The molecule has 3 atom stereocenters. The molecule has 0 bridgehead atoms. The first-order valence-corrected chi connectivity index (χ1v) is 11.8. The zero-order chi connectivity index (χ0) is 24.2. The summed E-state index contributed by atoms with van der Waals surface area (Å²) in [6.45, 7) is 3.53. The minimum Gasteiger partial charge on any atom is -0.508 e. The molecule has 0 aliphatic carbocycles. The monoisotopic (exact) mass is 464 g/mol. The largest absolute Gasteiger partial charge is 0.508 e. The summed E-state index contributed by atoms with van der Waals surface area (Å²) in [4.78, 5) is 0. The Bertz CT molecular complexity index is 983. The van der Waals surface area contributed by atoms with E-state index in [9.17, 15) is 15.3 Å². The van der Waals surface area contributed by atoms with Crippen LogP contribution in [0.25, 0.3) is 0 Å². The topological polar surface area (TPSA) is 94.0 Å². The first kappa shape index (κ1) is 25.7. The Hall–Kier alpha value is -2.90. The lowest BCUT2D eigenvalue weighted by Gasteiger charge is -2.24. The Kier molecular flexibility index (Phi) is 10.4. The third-order valence-corrected chi connectivity index (χ3v) is 6.03. The molecule has 0 aromatic heterocycles. The molecule has 6 heteroatoms. The molecule has 0 heterocycles. The van der Waals surface area contributed by atoms with Gasteiger partial charge in [-0.2, -0.15) is 0 Å². The van der Waals surface area contributed by atoms with E-state index in [1.807, 2.05) is 61.5 Å². The molecule has 0 saturated heterocycles.